The molecule has 0 aromatic heterocycles. The van der Waals surface area contributed by atoms with E-state index in [0.717, 1.165) is 17.7 Å². The summed E-state index contributed by atoms with van der Waals surface area (Å²) in [5.41, 5.74) is 2.24. The number of fused-ring (bicyclic) bond motifs is 1. The Morgan fingerprint density at radius 2 is 1.92 bits per heavy atom. The van der Waals surface area contributed by atoms with E-state index >= 15 is 0 Å². The molecule has 1 aliphatic rings. The molecule has 0 spiro atoms. The standard InChI is InChI=1S/C19H24N2O4S/c1-21(2)18(14-4-9-19-15(12-14)10-11-25-19)13-20-26(22,23)17-7-5-16(24-3)6-8-17/h4-9,12,18,20H,10-11,13H2,1-3H3. The Morgan fingerprint density at radius 1 is 1.19 bits per heavy atom. The Labute approximate surface area is 154 Å². The van der Waals surface area contributed by atoms with E-state index in [1.807, 2.05) is 31.1 Å². The first-order valence-electron chi connectivity index (χ1n) is 8.46. The zero-order valence-corrected chi connectivity index (χ0v) is 16.0. The molecule has 0 bridgehead atoms. The maximum absolute atomic E-state index is 12.6. The molecule has 6 nitrogen and oxygen atoms in total. The molecule has 1 unspecified atom stereocenters. The van der Waals surface area contributed by atoms with E-state index in [1.54, 1.807) is 31.4 Å². The molecule has 1 heterocycles. The van der Waals surface area contributed by atoms with Crippen molar-refractivity contribution in [1.82, 2.24) is 9.62 Å². The Bertz CT molecular complexity index is 864. The highest BCUT2D eigenvalue weighted by Gasteiger charge is 2.22. The van der Waals surface area contributed by atoms with Gasteiger partial charge in [-0.2, -0.15) is 0 Å². The normalized spacial score (nSPS) is 14.8. The lowest BCUT2D eigenvalue weighted by molar-refractivity contribution is 0.299. The highest BCUT2D eigenvalue weighted by molar-refractivity contribution is 7.89. The number of nitrogens with zero attached hydrogens (tertiary/aromatic N) is 1. The van der Waals surface area contributed by atoms with Crippen LogP contribution in [0, 0.1) is 0 Å². The maximum atomic E-state index is 12.6. The molecule has 0 radical (unpaired) electrons. The first kappa shape index (κ1) is 18.7. The molecular formula is C19H24N2O4S. The van der Waals surface area contributed by atoms with E-state index in [4.69, 9.17) is 9.47 Å². The lowest BCUT2D eigenvalue weighted by Crippen LogP contribution is -2.34. The third-order valence-corrected chi connectivity index (χ3v) is 6.00. The quantitative estimate of drug-likeness (QED) is 0.802. The lowest BCUT2D eigenvalue weighted by Gasteiger charge is -2.25. The van der Waals surface area contributed by atoms with Gasteiger partial charge in [0.15, 0.2) is 0 Å². The molecule has 140 valence electrons. The fraction of sp³-hybridized carbons (Fsp3) is 0.368. The van der Waals surface area contributed by atoms with Gasteiger partial charge in [-0.3, -0.25) is 0 Å². The average Bonchev–Trinajstić information content (AvgIpc) is 3.09. The minimum Gasteiger partial charge on any atom is -0.497 e. The summed E-state index contributed by atoms with van der Waals surface area (Å²) in [5, 5.41) is 0. The van der Waals surface area contributed by atoms with Crippen LogP contribution in [0.5, 0.6) is 11.5 Å². The molecule has 26 heavy (non-hydrogen) atoms. The van der Waals surface area contributed by atoms with Gasteiger partial charge in [-0.25, -0.2) is 13.1 Å². The molecule has 1 aliphatic heterocycles. The molecule has 1 atom stereocenters. The topological polar surface area (TPSA) is 67.9 Å². The van der Waals surface area contributed by atoms with Gasteiger partial charge >= 0.3 is 0 Å². The summed E-state index contributed by atoms with van der Waals surface area (Å²) < 4.78 is 38.5. The van der Waals surface area contributed by atoms with Crippen LogP contribution in [0.2, 0.25) is 0 Å². The van der Waals surface area contributed by atoms with Gasteiger partial charge in [-0.1, -0.05) is 12.1 Å². The molecule has 0 saturated heterocycles. The van der Waals surface area contributed by atoms with Crippen molar-refractivity contribution in [2.75, 3.05) is 34.4 Å². The van der Waals surface area contributed by atoms with E-state index in [-0.39, 0.29) is 17.5 Å². The van der Waals surface area contributed by atoms with E-state index in [0.29, 0.717) is 12.4 Å². The number of hydrogen-bond acceptors (Lipinski definition) is 5. The number of methoxy groups -OCH3 is 1. The third kappa shape index (κ3) is 4.00. The van der Waals surface area contributed by atoms with Crippen LogP contribution in [0.1, 0.15) is 17.2 Å². The molecular weight excluding hydrogens is 352 g/mol. The van der Waals surface area contributed by atoms with E-state index in [9.17, 15) is 8.42 Å². The van der Waals surface area contributed by atoms with Crippen molar-refractivity contribution in [2.45, 2.75) is 17.4 Å². The van der Waals surface area contributed by atoms with Gasteiger partial charge in [0.2, 0.25) is 10.0 Å². The smallest absolute Gasteiger partial charge is 0.240 e. The second-order valence-electron chi connectivity index (χ2n) is 6.47. The second-order valence-corrected chi connectivity index (χ2v) is 8.24. The summed E-state index contributed by atoms with van der Waals surface area (Å²) in [6.07, 6.45) is 0.890. The van der Waals surface area contributed by atoms with Crippen LogP contribution in [0.25, 0.3) is 0 Å². The Balaban J connectivity index is 1.76. The molecule has 3 rings (SSSR count). The van der Waals surface area contributed by atoms with Gasteiger partial charge in [-0.15, -0.1) is 0 Å². The molecule has 1 N–H and O–H groups in total. The molecule has 0 saturated carbocycles. The van der Waals surface area contributed by atoms with Gasteiger partial charge in [0.25, 0.3) is 0 Å². The van der Waals surface area contributed by atoms with Crippen molar-refractivity contribution in [3.8, 4) is 11.5 Å². The summed E-state index contributed by atoms with van der Waals surface area (Å²) in [6, 6.07) is 12.3. The Kier molecular flexibility index (Phi) is 5.50. The number of rotatable bonds is 7. The van der Waals surface area contributed by atoms with Crippen LogP contribution < -0.4 is 14.2 Å². The second kappa shape index (κ2) is 7.65. The van der Waals surface area contributed by atoms with Crippen molar-refractivity contribution in [2.24, 2.45) is 0 Å². The van der Waals surface area contributed by atoms with Crippen molar-refractivity contribution in [3.05, 3.63) is 53.6 Å². The van der Waals surface area contributed by atoms with Crippen molar-refractivity contribution < 1.29 is 17.9 Å². The Hall–Kier alpha value is -2.09. The molecule has 7 heteroatoms. The number of ether oxygens (including phenoxy) is 2. The van der Waals surface area contributed by atoms with Gasteiger partial charge in [0.1, 0.15) is 11.5 Å². The summed E-state index contributed by atoms with van der Waals surface area (Å²) in [6.45, 7) is 0.983. The van der Waals surface area contributed by atoms with Gasteiger partial charge in [0, 0.05) is 19.0 Å². The minimum absolute atomic E-state index is 0.0751. The summed E-state index contributed by atoms with van der Waals surface area (Å²) in [4.78, 5) is 2.23. The highest BCUT2D eigenvalue weighted by Crippen LogP contribution is 2.29. The number of benzene rings is 2. The van der Waals surface area contributed by atoms with Crippen LogP contribution in [-0.4, -0.2) is 47.7 Å². The third-order valence-electron chi connectivity index (χ3n) is 4.56. The number of hydrogen-bond donors (Lipinski definition) is 1. The SMILES string of the molecule is COc1ccc(S(=O)(=O)NCC(c2ccc3c(c2)CCO3)N(C)C)cc1. The fourth-order valence-corrected chi connectivity index (χ4v) is 4.08. The first-order chi connectivity index (χ1) is 12.4. The van der Waals surface area contributed by atoms with Crippen molar-refractivity contribution >= 4 is 10.0 Å². The molecule has 0 fully saturated rings. The van der Waals surface area contributed by atoms with E-state index < -0.39 is 10.0 Å². The number of sulfonamides is 1. The van der Waals surface area contributed by atoms with Gasteiger partial charge in [-0.05, 0) is 55.6 Å². The van der Waals surface area contributed by atoms with Crippen LogP contribution in [-0.2, 0) is 16.4 Å². The number of likely N-dealkylation sites (N-methyl/N-ethyl adjacent to an activating group) is 1. The predicted octanol–water partition coefficient (Wildman–Crippen LogP) is 2.21. The van der Waals surface area contributed by atoms with E-state index in [1.165, 1.54) is 5.56 Å². The fourth-order valence-electron chi connectivity index (χ4n) is 3.04. The summed E-state index contributed by atoms with van der Waals surface area (Å²) in [5.74, 6) is 1.54. The van der Waals surface area contributed by atoms with Gasteiger partial charge < -0.3 is 14.4 Å². The van der Waals surface area contributed by atoms with E-state index in [2.05, 4.69) is 10.8 Å². The maximum Gasteiger partial charge on any atom is 0.240 e. The number of nitrogens with one attached hydrogen (secondary N) is 1. The van der Waals surface area contributed by atoms with Crippen LogP contribution in [0.4, 0.5) is 0 Å². The molecule has 0 aliphatic carbocycles. The predicted molar refractivity (Wildman–Crippen MR) is 100 cm³/mol. The van der Waals surface area contributed by atoms with Crippen LogP contribution in [0.3, 0.4) is 0 Å². The zero-order chi connectivity index (χ0) is 18.7. The molecule has 2 aromatic rings. The Morgan fingerprint density at radius 3 is 2.58 bits per heavy atom. The summed E-state index contributed by atoms with van der Waals surface area (Å²) >= 11 is 0. The van der Waals surface area contributed by atoms with Crippen LogP contribution in [0.15, 0.2) is 47.4 Å². The minimum atomic E-state index is -3.59. The first-order valence-corrected chi connectivity index (χ1v) is 9.95. The largest absolute Gasteiger partial charge is 0.497 e. The molecule has 2 aromatic carbocycles. The van der Waals surface area contributed by atoms with Crippen molar-refractivity contribution in [1.29, 1.82) is 0 Å². The molecule has 0 amide bonds. The van der Waals surface area contributed by atoms with Crippen LogP contribution >= 0.6 is 0 Å². The monoisotopic (exact) mass is 376 g/mol. The average molecular weight is 376 g/mol. The van der Waals surface area contributed by atoms with Gasteiger partial charge in [0.05, 0.1) is 18.6 Å². The lowest BCUT2D eigenvalue weighted by atomic mass is 10.0. The highest BCUT2D eigenvalue weighted by atomic mass is 32.2. The van der Waals surface area contributed by atoms with Crippen molar-refractivity contribution in [3.63, 3.8) is 0 Å². The zero-order valence-electron chi connectivity index (χ0n) is 15.2. The summed E-state index contributed by atoms with van der Waals surface area (Å²) in [7, 11) is 1.84.